The lowest BCUT2D eigenvalue weighted by atomic mass is 9.85. The van der Waals surface area contributed by atoms with Gasteiger partial charge in [0, 0.05) is 29.3 Å². The number of oxime groups is 1. The van der Waals surface area contributed by atoms with Crippen LogP contribution in [-0.4, -0.2) is 24.6 Å². The molecule has 0 amide bonds. The van der Waals surface area contributed by atoms with E-state index in [0.717, 1.165) is 22.6 Å². The predicted octanol–water partition coefficient (Wildman–Crippen LogP) is 2.78. The average molecular weight is 312 g/mol. The van der Waals surface area contributed by atoms with Gasteiger partial charge in [0.2, 0.25) is 0 Å². The van der Waals surface area contributed by atoms with Crippen LogP contribution in [0.1, 0.15) is 24.8 Å². The van der Waals surface area contributed by atoms with Gasteiger partial charge in [0.05, 0.1) is 0 Å². The number of rotatable bonds is 4. The van der Waals surface area contributed by atoms with E-state index in [0.29, 0.717) is 5.56 Å². The molecule has 1 saturated carbocycles. The van der Waals surface area contributed by atoms with Gasteiger partial charge in [-0.25, -0.2) is 0 Å². The summed E-state index contributed by atoms with van der Waals surface area (Å²) in [5, 5.41) is 11.7. The zero-order chi connectivity index (χ0) is 13.1. The van der Waals surface area contributed by atoms with Gasteiger partial charge in [-0.15, -0.1) is 0 Å². The number of nitrogens with two attached hydrogens (primary N) is 1. The van der Waals surface area contributed by atoms with Crippen molar-refractivity contribution in [3.8, 4) is 0 Å². The van der Waals surface area contributed by atoms with Crippen molar-refractivity contribution in [1.29, 1.82) is 0 Å². The van der Waals surface area contributed by atoms with E-state index in [4.69, 9.17) is 10.9 Å². The second kappa shape index (κ2) is 5.61. The third kappa shape index (κ3) is 2.77. The van der Waals surface area contributed by atoms with Crippen molar-refractivity contribution < 1.29 is 5.21 Å². The summed E-state index contributed by atoms with van der Waals surface area (Å²) in [6.07, 6.45) is 4.05. The molecule has 0 aliphatic heterocycles. The predicted molar refractivity (Wildman–Crippen MR) is 77.3 cm³/mol. The van der Waals surface area contributed by atoms with E-state index in [-0.39, 0.29) is 5.84 Å². The number of hydrogen-bond donors (Lipinski definition) is 2. The van der Waals surface area contributed by atoms with E-state index in [1.54, 1.807) is 0 Å². The molecule has 0 bridgehead atoms. The van der Waals surface area contributed by atoms with Crippen molar-refractivity contribution in [1.82, 2.24) is 0 Å². The summed E-state index contributed by atoms with van der Waals surface area (Å²) >= 11 is 3.46. The molecule has 0 atom stereocenters. The van der Waals surface area contributed by atoms with Crippen molar-refractivity contribution in [3.05, 3.63) is 28.2 Å². The monoisotopic (exact) mass is 311 g/mol. The Bertz CT molecular complexity index is 458. The summed E-state index contributed by atoms with van der Waals surface area (Å²) in [6, 6.07) is 5.87. The molecule has 1 aromatic carbocycles. The van der Waals surface area contributed by atoms with E-state index >= 15 is 0 Å². The number of benzene rings is 1. The largest absolute Gasteiger partial charge is 0.409 e. The van der Waals surface area contributed by atoms with Crippen LogP contribution < -0.4 is 10.6 Å². The molecule has 3 N–H and O–H groups in total. The molecule has 5 heteroatoms. The minimum atomic E-state index is 0.120. The van der Waals surface area contributed by atoms with Crippen LogP contribution in [0.15, 0.2) is 27.8 Å². The van der Waals surface area contributed by atoms with Gasteiger partial charge < -0.3 is 15.8 Å². The van der Waals surface area contributed by atoms with Gasteiger partial charge in [-0.2, -0.15) is 0 Å². The number of nitrogens with zero attached hydrogens (tertiary/aromatic N) is 2. The Morgan fingerprint density at radius 1 is 1.56 bits per heavy atom. The quantitative estimate of drug-likeness (QED) is 0.389. The molecule has 0 radical (unpaired) electrons. The second-order valence-corrected chi connectivity index (χ2v) is 5.68. The molecule has 0 heterocycles. The zero-order valence-corrected chi connectivity index (χ0v) is 12.0. The first kappa shape index (κ1) is 13.2. The Hall–Kier alpha value is -1.23. The number of amidine groups is 1. The van der Waals surface area contributed by atoms with Crippen molar-refractivity contribution in [2.75, 3.05) is 18.5 Å². The van der Waals surface area contributed by atoms with E-state index in [1.165, 1.54) is 19.3 Å². The maximum absolute atomic E-state index is 8.68. The highest BCUT2D eigenvalue weighted by atomic mass is 79.9. The Kier molecular flexibility index (Phi) is 4.11. The van der Waals surface area contributed by atoms with Crippen LogP contribution in [0.5, 0.6) is 0 Å². The molecule has 4 nitrogen and oxygen atoms in total. The normalized spacial score (nSPS) is 16.4. The second-order valence-electron chi connectivity index (χ2n) is 4.83. The van der Waals surface area contributed by atoms with Crippen molar-refractivity contribution in [2.45, 2.75) is 19.3 Å². The highest BCUT2D eigenvalue weighted by Crippen LogP contribution is 2.29. The van der Waals surface area contributed by atoms with Crippen LogP contribution in [0.25, 0.3) is 0 Å². The fraction of sp³-hybridized carbons (Fsp3) is 0.462. The van der Waals surface area contributed by atoms with E-state index < -0.39 is 0 Å². The Labute approximate surface area is 116 Å². The van der Waals surface area contributed by atoms with Crippen LogP contribution in [0.2, 0.25) is 0 Å². The third-order valence-corrected chi connectivity index (χ3v) is 4.19. The minimum absolute atomic E-state index is 0.120. The van der Waals surface area contributed by atoms with Gasteiger partial charge in [-0.05, 0) is 52.9 Å². The van der Waals surface area contributed by atoms with Gasteiger partial charge >= 0.3 is 0 Å². The van der Waals surface area contributed by atoms with Crippen LogP contribution in [0.3, 0.4) is 0 Å². The lowest BCUT2D eigenvalue weighted by molar-refractivity contribution is 0.318. The molecule has 1 aliphatic rings. The highest BCUT2D eigenvalue weighted by Gasteiger charge is 2.19. The Balaban J connectivity index is 2.12. The summed E-state index contributed by atoms with van der Waals surface area (Å²) in [5.74, 6) is 0.951. The highest BCUT2D eigenvalue weighted by molar-refractivity contribution is 9.10. The molecule has 1 aromatic rings. The smallest absolute Gasteiger partial charge is 0.171 e. The van der Waals surface area contributed by atoms with Crippen LogP contribution >= 0.6 is 15.9 Å². The first-order valence-electron chi connectivity index (χ1n) is 6.10. The molecular formula is C13H18BrN3O. The average Bonchev–Trinajstić information content (AvgIpc) is 2.32. The Morgan fingerprint density at radius 3 is 2.78 bits per heavy atom. The fourth-order valence-corrected chi connectivity index (χ4v) is 2.74. The van der Waals surface area contributed by atoms with E-state index in [9.17, 15) is 0 Å². The standard InChI is InChI=1S/C13H18BrN3O/c1-17(8-9-3-2-4-9)10-5-6-11(12(14)7-10)13(15)16-18/h5-7,9,18H,2-4,8H2,1H3,(H2,15,16). The van der Waals surface area contributed by atoms with Gasteiger partial charge in [-0.3, -0.25) is 0 Å². The van der Waals surface area contributed by atoms with Gasteiger partial charge in [0.1, 0.15) is 0 Å². The zero-order valence-electron chi connectivity index (χ0n) is 10.4. The lowest BCUT2D eigenvalue weighted by Crippen LogP contribution is -2.29. The molecule has 0 saturated heterocycles. The van der Waals surface area contributed by atoms with Gasteiger partial charge in [0.15, 0.2) is 5.84 Å². The van der Waals surface area contributed by atoms with Crippen molar-refractivity contribution in [2.24, 2.45) is 16.8 Å². The van der Waals surface area contributed by atoms with Crippen LogP contribution in [0, 0.1) is 5.92 Å². The maximum atomic E-state index is 8.68. The summed E-state index contributed by atoms with van der Waals surface area (Å²) in [5.41, 5.74) is 7.44. The lowest BCUT2D eigenvalue weighted by Gasteiger charge is -2.31. The van der Waals surface area contributed by atoms with E-state index in [1.807, 2.05) is 18.2 Å². The first-order valence-corrected chi connectivity index (χ1v) is 6.89. The third-order valence-electron chi connectivity index (χ3n) is 3.53. The maximum Gasteiger partial charge on any atom is 0.171 e. The number of halogens is 1. The topological polar surface area (TPSA) is 61.8 Å². The number of anilines is 1. The Morgan fingerprint density at radius 2 is 2.28 bits per heavy atom. The van der Waals surface area contributed by atoms with Crippen LogP contribution in [-0.2, 0) is 0 Å². The molecular weight excluding hydrogens is 294 g/mol. The molecule has 18 heavy (non-hydrogen) atoms. The molecule has 0 unspecified atom stereocenters. The van der Waals surface area contributed by atoms with Crippen molar-refractivity contribution in [3.63, 3.8) is 0 Å². The number of hydrogen-bond acceptors (Lipinski definition) is 3. The summed E-state index contributed by atoms with van der Waals surface area (Å²) in [7, 11) is 2.10. The molecule has 2 rings (SSSR count). The van der Waals surface area contributed by atoms with Gasteiger partial charge in [0.25, 0.3) is 0 Å². The van der Waals surface area contributed by atoms with E-state index in [2.05, 4.69) is 33.0 Å². The van der Waals surface area contributed by atoms with Gasteiger partial charge in [-0.1, -0.05) is 11.6 Å². The van der Waals surface area contributed by atoms with Crippen molar-refractivity contribution >= 4 is 27.5 Å². The molecule has 1 aliphatic carbocycles. The molecule has 0 aromatic heterocycles. The molecule has 98 valence electrons. The summed E-state index contributed by atoms with van der Waals surface area (Å²) in [6.45, 7) is 1.09. The SMILES string of the molecule is CN(CC1CCC1)c1ccc(/C(N)=N/O)c(Br)c1. The summed E-state index contributed by atoms with van der Waals surface area (Å²) in [4.78, 5) is 2.25. The fourth-order valence-electron chi connectivity index (χ4n) is 2.17. The minimum Gasteiger partial charge on any atom is -0.409 e. The molecule has 0 spiro atoms. The molecule has 1 fully saturated rings. The first-order chi connectivity index (χ1) is 8.61. The van der Waals surface area contributed by atoms with Crippen LogP contribution in [0.4, 0.5) is 5.69 Å². The summed E-state index contributed by atoms with van der Waals surface area (Å²) < 4.78 is 0.843.